The number of carbonyl (C=O) groups is 1. The summed E-state index contributed by atoms with van der Waals surface area (Å²) in [6.07, 6.45) is -0.0521. The molecule has 7 heteroatoms. The van der Waals surface area contributed by atoms with Gasteiger partial charge in [0.1, 0.15) is 11.6 Å². The third-order valence-corrected chi connectivity index (χ3v) is 6.21. The molecule has 0 aromatic heterocycles. The lowest BCUT2D eigenvalue weighted by Gasteiger charge is -2.36. The molecule has 3 aromatic rings. The summed E-state index contributed by atoms with van der Waals surface area (Å²) >= 11 is 0. The molecule has 1 fully saturated rings. The van der Waals surface area contributed by atoms with Crippen LogP contribution in [0.25, 0.3) is 0 Å². The molecule has 0 unspecified atom stereocenters. The van der Waals surface area contributed by atoms with E-state index >= 15 is 0 Å². The number of hydrogen-bond acceptors (Lipinski definition) is 5. The van der Waals surface area contributed by atoms with E-state index in [1.807, 2.05) is 30.3 Å². The molecule has 0 bridgehead atoms. The molecular weight excluding hydrogens is 462 g/mol. The van der Waals surface area contributed by atoms with E-state index < -0.39 is 6.29 Å². The van der Waals surface area contributed by atoms with Crippen molar-refractivity contribution in [2.45, 2.75) is 25.9 Å². The zero-order valence-corrected chi connectivity index (χ0v) is 20.3. The first kappa shape index (κ1) is 26.1. The minimum absolute atomic E-state index is 0.220. The average Bonchev–Trinajstić information content (AvgIpc) is 2.89. The van der Waals surface area contributed by atoms with Gasteiger partial charge in [-0.15, -0.1) is 0 Å². The number of Topliss-reactive ketones (excluding diaryl/α,β-unsaturated/α-hetero) is 1. The van der Waals surface area contributed by atoms with Crippen molar-refractivity contribution in [3.63, 3.8) is 0 Å². The van der Waals surface area contributed by atoms with Gasteiger partial charge in [-0.1, -0.05) is 54.6 Å². The number of benzene rings is 3. The van der Waals surface area contributed by atoms with E-state index in [0.29, 0.717) is 32.7 Å². The Morgan fingerprint density at radius 2 is 1.19 bits per heavy atom. The van der Waals surface area contributed by atoms with E-state index in [1.165, 1.54) is 24.3 Å². The maximum atomic E-state index is 13.2. The third kappa shape index (κ3) is 8.60. The number of ether oxygens (including phenoxy) is 2. The number of rotatable bonds is 12. The van der Waals surface area contributed by atoms with Gasteiger partial charge in [0.15, 0.2) is 12.1 Å². The van der Waals surface area contributed by atoms with Gasteiger partial charge in [0, 0.05) is 39.1 Å². The van der Waals surface area contributed by atoms with Crippen molar-refractivity contribution in [2.24, 2.45) is 0 Å². The maximum absolute atomic E-state index is 13.2. The van der Waals surface area contributed by atoms with Crippen LogP contribution >= 0.6 is 0 Å². The van der Waals surface area contributed by atoms with Crippen LogP contribution < -0.4 is 0 Å². The molecule has 1 aliphatic rings. The summed E-state index contributed by atoms with van der Waals surface area (Å²) in [5, 5.41) is 0. The number of hydrogen-bond donors (Lipinski definition) is 0. The predicted molar refractivity (Wildman–Crippen MR) is 134 cm³/mol. The Hall–Kier alpha value is -2.97. The van der Waals surface area contributed by atoms with Gasteiger partial charge in [0.25, 0.3) is 0 Å². The van der Waals surface area contributed by atoms with Crippen LogP contribution in [0.4, 0.5) is 8.78 Å². The second kappa shape index (κ2) is 13.4. The van der Waals surface area contributed by atoms with Crippen LogP contribution in [0.15, 0.2) is 78.9 Å². The second-order valence-electron chi connectivity index (χ2n) is 9.08. The fraction of sp³-hybridized carbons (Fsp3) is 0.345. The summed E-state index contributed by atoms with van der Waals surface area (Å²) in [5.41, 5.74) is 2.75. The van der Waals surface area contributed by atoms with Gasteiger partial charge in [-0.2, -0.15) is 0 Å². The SMILES string of the molecule is O=C(Cc1ccccc1)CN1CCN(CC(OCc2ccc(F)cc2)OCc2ccc(F)cc2)CC1. The Kier molecular flexibility index (Phi) is 9.69. The first-order valence-corrected chi connectivity index (χ1v) is 12.3. The van der Waals surface area contributed by atoms with Crippen LogP contribution in [-0.4, -0.2) is 61.1 Å². The van der Waals surface area contributed by atoms with Crippen LogP contribution in [-0.2, 0) is 33.9 Å². The van der Waals surface area contributed by atoms with Gasteiger partial charge in [-0.3, -0.25) is 14.6 Å². The maximum Gasteiger partial charge on any atom is 0.171 e. The number of carbonyl (C=O) groups excluding carboxylic acids is 1. The van der Waals surface area contributed by atoms with E-state index in [1.54, 1.807) is 24.3 Å². The van der Waals surface area contributed by atoms with E-state index in [2.05, 4.69) is 9.80 Å². The van der Waals surface area contributed by atoms with E-state index in [9.17, 15) is 13.6 Å². The summed E-state index contributed by atoms with van der Waals surface area (Å²) in [4.78, 5) is 16.9. The number of halogens is 2. The summed E-state index contributed by atoms with van der Waals surface area (Å²) in [6.45, 7) is 4.79. The summed E-state index contributed by atoms with van der Waals surface area (Å²) in [6, 6.07) is 22.2. The average molecular weight is 495 g/mol. The molecule has 0 spiro atoms. The Labute approximate surface area is 211 Å². The highest BCUT2D eigenvalue weighted by Gasteiger charge is 2.22. The molecule has 0 saturated carbocycles. The predicted octanol–water partition coefficient (Wildman–Crippen LogP) is 4.45. The van der Waals surface area contributed by atoms with Gasteiger partial charge < -0.3 is 9.47 Å². The van der Waals surface area contributed by atoms with E-state index in [4.69, 9.17) is 9.47 Å². The van der Waals surface area contributed by atoms with Gasteiger partial charge in [0.2, 0.25) is 0 Å². The van der Waals surface area contributed by atoms with Crippen molar-refractivity contribution in [3.8, 4) is 0 Å². The van der Waals surface area contributed by atoms with Gasteiger partial charge in [-0.05, 0) is 41.0 Å². The fourth-order valence-corrected chi connectivity index (χ4v) is 4.16. The normalized spacial score (nSPS) is 14.9. The quantitative estimate of drug-likeness (QED) is 0.348. The number of nitrogens with zero attached hydrogens (tertiary/aromatic N) is 2. The first-order valence-electron chi connectivity index (χ1n) is 12.3. The van der Waals surface area contributed by atoms with Gasteiger partial charge in [-0.25, -0.2) is 8.78 Å². The first-order chi connectivity index (χ1) is 17.5. The summed E-state index contributed by atoms with van der Waals surface area (Å²) in [5.74, 6) is -0.358. The summed E-state index contributed by atoms with van der Waals surface area (Å²) in [7, 11) is 0. The van der Waals surface area contributed by atoms with Gasteiger partial charge in [0.05, 0.1) is 19.8 Å². The molecule has 0 radical (unpaired) electrons. The fourth-order valence-electron chi connectivity index (χ4n) is 4.16. The molecule has 1 heterocycles. The van der Waals surface area contributed by atoms with Crippen molar-refractivity contribution >= 4 is 5.78 Å². The van der Waals surface area contributed by atoms with Crippen LogP contribution in [0.5, 0.6) is 0 Å². The molecule has 5 nitrogen and oxygen atoms in total. The van der Waals surface area contributed by atoms with Gasteiger partial charge >= 0.3 is 0 Å². The van der Waals surface area contributed by atoms with Crippen molar-refractivity contribution in [3.05, 3.63) is 107 Å². The molecule has 4 rings (SSSR count). The van der Waals surface area contributed by atoms with Crippen molar-refractivity contribution < 1.29 is 23.0 Å². The lowest BCUT2D eigenvalue weighted by Crippen LogP contribution is -2.50. The minimum atomic E-state index is -0.508. The molecule has 0 amide bonds. The highest BCUT2D eigenvalue weighted by Crippen LogP contribution is 2.13. The Morgan fingerprint density at radius 1 is 0.694 bits per heavy atom. The van der Waals surface area contributed by atoms with Crippen LogP contribution in [0.1, 0.15) is 16.7 Å². The molecule has 1 saturated heterocycles. The topological polar surface area (TPSA) is 42.0 Å². The molecule has 0 N–H and O–H groups in total. The highest BCUT2D eigenvalue weighted by atomic mass is 19.1. The monoisotopic (exact) mass is 494 g/mol. The van der Waals surface area contributed by atoms with E-state index in [0.717, 1.165) is 42.9 Å². The Morgan fingerprint density at radius 3 is 1.72 bits per heavy atom. The summed E-state index contributed by atoms with van der Waals surface area (Å²) < 4.78 is 38.5. The third-order valence-electron chi connectivity index (χ3n) is 6.21. The van der Waals surface area contributed by atoms with Crippen LogP contribution in [0.2, 0.25) is 0 Å². The molecule has 3 aromatic carbocycles. The lowest BCUT2D eigenvalue weighted by atomic mass is 10.1. The molecule has 36 heavy (non-hydrogen) atoms. The second-order valence-corrected chi connectivity index (χ2v) is 9.08. The van der Waals surface area contributed by atoms with Crippen molar-refractivity contribution in [2.75, 3.05) is 39.3 Å². The lowest BCUT2D eigenvalue weighted by molar-refractivity contribution is -0.168. The Balaban J connectivity index is 1.26. The molecular formula is C29H32F2N2O3. The zero-order valence-electron chi connectivity index (χ0n) is 20.3. The van der Waals surface area contributed by atoms with Crippen LogP contribution in [0.3, 0.4) is 0 Å². The molecule has 0 atom stereocenters. The number of piperazine rings is 1. The Bertz CT molecular complexity index is 1020. The van der Waals surface area contributed by atoms with Crippen molar-refractivity contribution in [1.29, 1.82) is 0 Å². The smallest absolute Gasteiger partial charge is 0.171 e. The largest absolute Gasteiger partial charge is 0.347 e. The molecule has 190 valence electrons. The van der Waals surface area contributed by atoms with Crippen LogP contribution in [0, 0.1) is 11.6 Å². The standard InChI is InChI=1S/C29H32F2N2O3/c30-26-10-6-24(7-11-26)21-35-29(36-22-25-8-12-27(31)13-9-25)20-33-16-14-32(15-17-33)19-28(34)18-23-4-2-1-3-5-23/h1-13,29H,14-22H2. The number of ketones is 1. The minimum Gasteiger partial charge on any atom is -0.347 e. The van der Waals surface area contributed by atoms with Crippen molar-refractivity contribution in [1.82, 2.24) is 9.80 Å². The van der Waals surface area contributed by atoms with E-state index in [-0.39, 0.29) is 17.4 Å². The molecule has 0 aliphatic carbocycles. The zero-order chi connectivity index (χ0) is 25.2. The molecule has 1 aliphatic heterocycles. The highest BCUT2D eigenvalue weighted by molar-refractivity contribution is 5.82.